The average molecular weight is 320 g/mol. The molecule has 0 atom stereocenters. The van der Waals surface area contributed by atoms with Crippen molar-refractivity contribution in [1.29, 1.82) is 0 Å². The number of nitrogens with one attached hydrogen (secondary N) is 1. The summed E-state index contributed by atoms with van der Waals surface area (Å²) in [5.41, 5.74) is 2.26. The second kappa shape index (κ2) is 11.8. The Morgan fingerprint density at radius 3 is 2.55 bits per heavy atom. The second-order valence-corrected chi connectivity index (χ2v) is 4.78. The second-order valence-electron chi connectivity index (χ2n) is 4.38. The van der Waals surface area contributed by atoms with Crippen LogP contribution in [0.4, 0.5) is 0 Å². The van der Waals surface area contributed by atoms with E-state index < -0.39 is 0 Å². The predicted molar refractivity (Wildman–Crippen MR) is 97.3 cm³/mol. The minimum absolute atomic E-state index is 0.166. The van der Waals surface area contributed by atoms with Crippen molar-refractivity contribution < 1.29 is 4.79 Å². The molecule has 120 valence electrons. The highest BCUT2D eigenvalue weighted by Gasteiger charge is 2.07. The molecule has 0 spiro atoms. The van der Waals surface area contributed by atoms with E-state index in [2.05, 4.69) is 12.2 Å². The molecule has 0 aromatic heterocycles. The molecule has 0 bridgehead atoms. The quantitative estimate of drug-likeness (QED) is 0.679. The van der Waals surface area contributed by atoms with Crippen LogP contribution in [0, 0.1) is 6.92 Å². The number of benzene rings is 1. The fourth-order valence-corrected chi connectivity index (χ4v) is 1.74. The molecular formula is C19H26ClNO. The average Bonchev–Trinajstić information content (AvgIpc) is 2.52. The third-order valence-electron chi connectivity index (χ3n) is 2.69. The highest BCUT2D eigenvalue weighted by molar-refractivity contribution is 6.31. The van der Waals surface area contributed by atoms with Crippen molar-refractivity contribution in [3.63, 3.8) is 0 Å². The molecule has 1 N–H and O–H groups in total. The lowest BCUT2D eigenvalue weighted by atomic mass is 10.1. The zero-order chi connectivity index (χ0) is 17.0. The molecule has 22 heavy (non-hydrogen) atoms. The first-order valence-corrected chi connectivity index (χ1v) is 8.03. The molecule has 0 saturated carbocycles. The maximum atomic E-state index is 12.2. The maximum absolute atomic E-state index is 12.2. The van der Waals surface area contributed by atoms with Crippen LogP contribution in [0.3, 0.4) is 0 Å². The normalized spacial score (nSPS) is 11.5. The summed E-state index contributed by atoms with van der Waals surface area (Å²) in [4.78, 5) is 12.2. The van der Waals surface area contributed by atoms with E-state index in [-0.39, 0.29) is 5.91 Å². The van der Waals surface area contributed by atoms with Gasteiger partial charge >= 0.3 is 0 Å². The van der Waals surface area contributed by atoms with Gasteiger partial charge in [-0.1, -0.05) is 56.7 Å². The van der Waals surface area contributed by atoms with Gasteiger partial charge in [0.1, 0.15) is 0 Å². The molecule has 0 heterocycles. The summed E-state index contributed by atoms with van der Waals surface area (Å²) in [5, 5.41) is 3.46. The van der Waals surface area contributed by atoms with Crippen molar-refractivity contribution in [1.82, 2.24) is 5.32 Å². The summed E-state index contributed by atoms with van der Waals surface area (Å²) in [6, 6.07) is 5.29. The number of hydrogen-bond donors (Lipinski definition) is 1. The van der Waals surface area contributed by atoms with Gasteiger partial charge in [-0.25, -0.2) is 0 Å². The molecule has 1 amide bonds. The maximum Gasteiger partial charge on any atom is 0.255 e. The summed E-state index contributed by atoms with van der Waals surface area (Å²) >= 11 is 6.04. The van der Waals surface area contributed by atoms with Crippen molar-refractivity contribution in [2.24, 2.45) is 0 Å². The minimum Gasteiger partial charge on any atom is -0.322 e. The van der Waals surface area contributed by atoms with E-state index in [9.17, 15) is 4.79 Å². The van der Waals surface area contributed by atoms with Gasteiger partial charge in [0, 0.05) is 16.3 Å². The fourth-order valence-electron chi connectivity index (χ4n) is 1.56. The van der Waals surface area contributed by atoms with Crippen LogP contribution in [-0.4, -0.2) is 5.91 Å². The van der Waals surface area contributed by atoms with E-state index in [4.69, 9.17) is 11.6 Å². The SMILES string of the molecule is CC.C\C=C/C(=C\C=C\CC)NC(=O)c1ccc(C)c(Cl)c1. The van der Waals surface area contributed by atoms with Gasteiger partial charge in [-0.3, -0.25) is 4.79 Å². The van der Waals surface area contributed by atoms with Gasteiger partial charge in [0.2, 0.25) is 0 Å². The van der Waals surface area contributed by atoms with Crippen LogP contribution in [0.15, 0.2) is 54.3 Å². The molecular weight excluding hydrogens is 294 g/mol. The summed E-state index contributed by atoms with van der Waals surface area (Å²) in [6.07, 6.45) is 10.5. The number of rotatable bonds is 5. The minimum atomic E-state index is -0.166. The Kier molecular flexibility index (Phi) is 10.8. The topological polar surface area (TPSA) is 29.1 Å². The van der Waals surface area contributed by atoms with Crippen LogP contribution in [-0.2, 0) is 0 Å². The van der Waals surface area contributed by atoms with Gasteiger partial charge in [-0.15, -0.1) is 0 Å². The van der Waals surface area contributed by atoms with Gasteiger partial charge in [0.05, 0.1) is 0 Å². The van der Waals surface area contributed by atoms with Crippen molar-refractivity contribution in [3.8, 4) is 0 Å². The lowest BCUT2D eigenvalue weighted by Crippen LogP contribution is -2.21. The lowest BCUT2D eigenvalue weighted by molar-refractivity contribution is 0.0967. The molecule has 0 saturated heterocycles. The Morgan fingerprint density at radius 2 is 2.00 bits per heavy atom. The first-order valence-electron chi connectivity index (χ1n) is 7.65. The monoisotopic (exact) mass is 319 g/mol. The summed E-state index contributed by atoms with van der Waals surface area (Å²) in [6.45, 7) is 9.88. The molecule has 3 heteroatoms. The van der Waals surface area contributed by atoms with Gasteiger partial charge in [-0.2, -0.15) is 0 Å². The van der Waals surface area contributed by atoms with E-state index in [1.807, 2.05) is 64.1 Å². The number of allylic oxidation sites excluding steroid dienone is 5. The van der Waals surface area contributed by atoms with E-state index in [1.54, 1.807) is 12.1 Å². The van der Waals surface area contributed by atoms with Gasteiger partial charge in [0.15, 0.2) is 0 Å². The smallest absolute Gasteiger partial charge is 0.255 e. The highest BCUT2D eigenvalue weighted by atomic mass is 35.5. The van der Waals surface area contributed by atoms with Crippen LogP contribution in [0.5, 0.6) is 0 Å². The molecule has 1 aromatic rings. The predicted octanol–water partition coefficient (Wildman–Crippen LogP) is 5.83. The van der Waals surface area contributed by atoms with Crippen LogP contribution in [0.1, 0.15) is 50.0 Å². The molecule has 0 radical (unpaired) electrons. The van der Waals surface area contributed by atoms with Crippen LogP contribution in [0.25, 0.3) is 0 Å². The summed E-state index contributed by atoms with van der Waals surface area (Å²) in [7, 11) is 0. The molecule has 1 aromatic carbocycles. The number of aryl methyl sites for hydroxylation is 1. The Labute approximate surface area is 139 Å². The van der Waals surface area contributed by atoms with Gasteiger partial charge in [0.25, 0.3) is 5.91 Å². The Balaban J connectivity index is 0.00000211. The Morgan fingerprint density at radius 1 is 1.32 bits per heavy atom. The van der Waals surface area contributed by atoms with Crippen LogP contribution < -0.4 is 5.32 Å². The van der Waals surface area contributed by atoms with E-state index >= 15 is 0 Å². The molecule has 0 aliphatic carbocycles. The molecule has 0 aliphatic heterocycles. The fraction of sp³-hybridized carbons (Fsp3) is 0.316. The van der Waals surface area contributed by atoms with Crippen LogP contribution in [0.2, 0.25) is 5.02 Å². The number of carbonyl (C=O) groups excluding carboxylic acids is 1. The highest BCUT2D eigenvalue weighted by Crippen LogP contribution is 2.16. The molecule has 1 rings (SSSR count). The zero-order valence-corrected chi connectivity index (χ0v) is 14.9. The third-order valence-corrected chi connectivity index (χ3v) is 3.09. The summed E-state index contributed by atoms with van der Waals surface area (Å²) in [5.74, 6) is -0.166. The third kappa shape index (κ3) is 7.28. The first kappa shape index (κ1) is 20.2. The largest absolute Gasteiger partial charge is 0.322 e. The van der Waals surface area contributed by atoms with Gasteiger partial charge < -0.3 is 5.32 Å². The number of carbonyl (C=O) groups is 1. The van der Waals surface area contributed by atoms with Crippen LogP contribution >= 0.6 is 11.6 Å². The first-order chi connectivity index (χ1) is 10.6. The van der Waals surface area contributed by atoms with E-state index in [0.717, 1.165) is 17.7 Å². The van der Waals surface area contributed by atoms with E-state index in [1.165, 1.54) is 0 Å². The molecule has 2 nitrogen and oxygen atoms in total. The Bertz CT molecular complexity index is 557. The number of hydrogen-bond acceptors (Lipinski definition) is 1. The van der Waals surface area contributed by atoms with Gasteiger partial charge in [-0.05, 0) is 50.1 Å². The van der Waals surface area contributed by atoms with Crippen molar-refractivity contribution in [3.05, 3.63) is 70.4 Å². The zero-order valence-electron chi connectivity index (χ0n) is 14.1. The van der Waals surface area contributed by atoms with Crippen molar-refractivity contribution in [2.45, 2.75) is 41.0 Å². The number of halogens is 1. The summed E-state index contributed by atoms with van der Waals surface area (Å²) < 4.78 is 0. The molecule has 0 aliphatic rings. The number of amides is 1. The molecule has 0 unspecified atom stereocenters. The lowest BCUT2D eigenvalue weighted by Gasteiger charge is -2.07. The van der Waals surface area contributed by atoms with Crippen molar-refractivity contribution >= 4 is 17.5 Å². The molecule has 0 fully saturated rings. The van der Waals surface area contributed by atoms with E-state index in [0.29, 0.717) is 10.6 Å². The van der Waals surface area contributed by atoms with Crippen molar-refractivity contribution in [2.75, 3.05) is 0 Å². The Hall–Kier alpha value is -1.80. The standard InChI is InChI=1S/C17H20ClNO.C2H6/c1-4-6-7-9-15(8-5-2)19-17(20)14-11-10-13(3)16(18)12-14;1-2/h5-12H,4H2,1-3H3,(H,19,20);1-2H3/b7-6+,8-5-,15-9+;.